The highest BCUT2D eigenvalue weighted by molar-refractivity contribution is 5.72. The minimum absolute atomic E-state index is 0.0290. The first-order valence-electron chi connectivity index (χ1n) is 7.56. The summed E-state index contributed by atoms with van der Waals surface area (Å²) in [5.74, 6) is 0.0201. The van der Waals surface area contributed by atoms with Gasteiger partial charge in [-0.1, -0.05) is 18.2 Å². The second-order valence-corrected chi connectivity index (χ2v) is 5.70. The lowest BCUT2D eigenvalue weighted by atomic mass is 9.96. The third-order valence-corrected chi connectivity index (χ3v) is 4.15. The Morgan fingerprint density at radius 3 is 2.70 bits per heavy atom. The third kappa shape index (κ3) is 3.60. The van der Waals surface area contributed by atoms with Crippen molar-refractivity contribution in [3.05, 3.63) is 34.9 Å². The lowest BCUT2D eigenvalue weighted by molar-refractivity contribution is -0.150. The Labute approximate surface area is 121 Å². The van der Waals surface area contributed by atoms with Gasteiger partial charge in [0.2, 0.25) is 0 Å². The van der Waals surface area contributed by atoms with Crippen LogP contribution in [0.5, 0.6) is 0 Å². The highest BCUT2D eigenvalue weighted by atomic mass is 16.5. The Hall–Kier alpha value is -1.35. The number of benzene rings is 1. The average molecular weight is 275 g/mol. The van der Waals surface area contributed by atoms with E-state index < -0.39 is 0 Å². The Balaban J connectivity index is 2.01. The number of ether oxygens (including phenoxy) is 1. The smallest absolute Gasteiger partial charge is 0.310 e. The number of esters is 1. The summed E-state index contributed by atoms with van der Waals surface area (Å²) in [6.07, 6.45) is 2.04. The van der Waals surface area contributed by atoms with Gasteiger partial charge in [-0.3, -0.25) is 9.69 Å². The van der Waals surface area contributed by atoms with Gasteiger partial charge in [-0.15, -0.1) is 0 Å². The number of likely N-dealkylation sites (tertiary alicyclic amines) is 1. The molecule has 1 heterocycles. The van der Waals surface area contributed by atoms with E-state index in [-0.39, 0.29) is 11.9 Å². The predicted molar refractivity (Wildman–Crippen MR) is 80.6 cm³/mol. The molecule has 1 aromatic rings. The van der Waals surface area contributed by atoms with Gasteiger partial charge in [-0.2, -0.15) is 0 Å². The van der Waals surface area contributed by atoms with E-state index in [1.54, 1.807) is 0 Å². The number of carbonyl (C=O) groups is 1. The molecule has 110 valence electrons. The van der Waals surface area contributed by atoms with E-state index in [0.717, 1.165) is 32.5 Å². The summed E-state index contributed by atoms with van der Waals surface area (Å²) in [4.78, 5) is 14.3. The van der Waals surface area contributed by atoms with Gasteiger partial charge in [-0.25, -0.2) is 0 Å². The number of nitrogens with zero attached hydrogens (tertiary/aromatic N) is 1. The number of carbonyl (C=O) groups excluding carboxylic acids is 1. The number of hydrogen-bond acceptors (Lipinski definition) is 3. The van der Waals surface area contributed by atoms with E-state index in [4.69, 9.17) is 4.74 Å². The van der Waals surface area contributed by atoms with Crippen LogP contribution in [0, 0.1) is 19.8 Å². The molecule has 1 atom stereocenters. The number of piperidine rings is 1. The van der Waals surface area contributed by atoms with Crippen LogP contribution in [0.4, 0.5) is 0 Å². The van der Waals surface area contributed by atoms with Crippen molar-refractivity contribution in [3.63, 3.8) is 0 Å². The fraction of sp³-hybridized carbons (Fsp3) is 0.588. The van der Waals surface area contributed by atoms with Gasteiger partial charge in [-0.05, 0) is 56.8 Å². The zero-order chi connectivity index (χ0) is 14.5. The van der Waals surface area contributed by atoms with Crippen molar-refractivity contribution in [2.24, 2.45) is 5.92 Å². The summed E-state index contributed by atoms with van der Waals surface area (Å²) in [5, 5.41) is 0. The van der Waals surface area contributed by atoms with E-state index in [0.29, 0.717) is 6.61 Å². The molecule has 0 spiro atoms. The summed E-state index contributed by atoms with van der Waals surface area (Å²) in [6, 6.07) is 6.43. The number of rotatable bonds is 4. The summed E-state index contributed by atoms with van der Waals surface area (Å²) in [7, 11) is 0. The molecule has 3 nitrogen and oxygen atoms in total. The van der Waals surface area contributed by atoms with Crippen molar-refractivity contribution >= 4 is 5.97 Å². The second-order valence-electron chi connectivity index (χ2n) is 5.70. The molecule has 1 aliphatic rings. The minimum Gasteiger partial charge on any atom is -0.466 e. The summed E-state index contributed by atoms with van der Waals surface area (Å²) >= 11 is 0. The van der Waals surface area contributed by atoms with Crippen LogP contribution in [0.2, 0.25) is 0 Å². The van der Waals surface area contributed by atoms with Gasteiger partial charge < -0.3 is 4.74 Å². The molecule has 1 aliphatic heterocycles. The molecule has 0 aliphatic carbocycles. The fourth-order valence-electron chi connectivity index (χ4n) is 2.97. The largest absolute Gasteiger partial charge is 0.466 e. The van der Waals surface area contributed by atoms with Crippen LogP contribution in [0.25, 0.3) is 0 Å². The van der Waals surface area contributed by atoms with Crippen LogP contribution in [0.3, 0.4) is 0 Å². The predicted octanol–water partition coefficient (Wildman–Crippen LogP) is 3.08. The van der Waals surface area contributed by atoms with Gasteiger partial charge in [0.25, 0.3) is 0 Å². The minimum atomic E-state index is -0.0290. The first kappa shape index (κ1) is 15.0. The maximum Gasteiger partial charge on any atom is 0.310 e. The number of hydrogen-bond donors (Lipinski definition) is 0. The van der Waals surface area contributed by atoms with Crippen LogP contribution >= 0.6 is 0 Å². The third-order valence-electron chi connectivity index (χ3n) is 4.15. The molecule has 0 amide bonds. The van der Waals surface area contributed by atoms with E-state index in [1.165, 1.54) is 16.7 Å². The van der Waals surface area contributed by atoms with Crippen molar-refractivity contribution in [2.45, 2.75) is 40.2 Å². The van der Waals surface area contributed by atoms with Crippen LogP contribution in [0.1, 0.15) is 36.5 Å². The molecule has 0 saturated carbocycles. The van der Waals surface area contributed by atoms with Gasteiger partial charge in [0.15, 0.2) is 0 Å². The van der Waals surface area contributed by atoms with Crippen LogP contribution in [-0.4, -0.2) is 30.6 Å². The summed E-state index contributed by atoms with van der Waals surface area (Å²) < 4.78 is 5.16. The summed E-state index contributed by atoms with van der Waals surface area (Å²) in [6.45, 7) is 9.51. The molecule has 1 saturated heterocycles. The molecule has 3 heteroatoms. The molecule has 1 fully saturated rings. The maximum absolute atomic E-state index is 11.9. The van der Waals surface area contributed by atoms with E-state index in [2.05, 4.69) is 36.9 Å². The lowest BCUT2D eigenvalue weighted by Crippen LogP contribution is -2.39. The van der Waals surface area contributed by atoms with Crippen LogP contribution in [-0.2, 0) is 16.1 Å². The highest BCUT2D eigenvalue weighted by Crippen LogP contribution is 2.22. The Kier molecular flexibility index (Phi) is 5.18. The maximum atomic E-state index is 11.9. The zero-order valence-electron chi connectivity index (χ0n) is 12.8. The Bertz CT molecular complexity index is 450. The quantitative estimate of drug-likeness (QED) is 0.791. The van der Waals surface area contributed by atoms with Crippen molar-refractivity contribution in [3.8, 4) is 0 Å². The molecular weight excluding hydrogens is 250 g/mol. The van der Waals surface area contributed by atoms with Crippen molar-refractivity contribution < 1.29 is 9.53 Å². The van der Waals surface area contributed by atoms with Crippen LogP contribution in [0.15, 0.2) is 18.2 Å². The van der Waals surface area contributed by atoms with Crippen molar-refractivity contribution in [2.75, 3.05) is 19.7 Å². The molecule has 0 radical (unpaired) electrons. The fourth-order valence-corrected chi connectivity index (χ4v) is 2.97. The molecule has 0 N–H and O–H groups in total. The molecule has 2 rings (SSSR count). The molecule has 1 aromatic carbocycles. The van der Waals surface area contributed by atoms with Gasteiger partial charge in [0.1, 0.15) is 0 Å². The molecular formula is C17H25NO2. The number of aryl methyl sites for hydroxylation is 2. The average Bonchev–Trinajstić information content (AvgIpc) is 2.44. The highest BCUT2D eigenvalue weighted by Gasteiger charge is 2.27. The molecule has 0 bridgehead atoms. The zero-order valence-corrected chi connectivity index (χ0v) is 12.8. The molecule has 0 aromatic heterocycles. The first-order chi connectivity index (χ1) is 9.61. The van der Waals surface area contributed by atoms with Crippen molar-refractivity contribution in [1.82, 2.24) is 4.90 Å². The van der Waals surface area contributed by atoms with E-state index in [1.807, 2.05) is 6.92 Å². The standard InChI is InChI=1S/C17H25NO2/c1-4-20-17(19)15-9-6-10-18(11-15)12-16-13(2)7-5-8-14(16)3/h5,7-8,15H,4,6,9-12H2,1-3H3/t15-/m1/s1. The van der Waals surface area contributed by atoms with Crippen LogP contribution < -0.4 is 0 Å². The molecule has 0 unspecified atom stereocenters. The van der Waals surface area contributed by atoms with Crippen molar-refractivity contribution in [1.29, 1.82) is 0 Å². The summed E-state index contributed by atoms with van der Waals surface area (Å²) in [5.41, 5.74) is 4.07. The monoisotopic (exact) mass is 275 g/mol. The lowest BCUT2D eigenvalue weighted by Gasteiger charge is -2.32. The normalized spacial score (nSPS) is 19.9. The van der Waals surface area contributed by atoms with Gasteiger partial charge in [0.05, 0.1) is 12.5 Å². The first-order valence-corrected chi connectivity index (χ1v) is 7.56. The molecule has 20 heavy (non-hydrogen) atoms. The van der Waals surface area contributed by atoms with Gasteiger partial charge >= 0.3 is 5.97 Å². The Morgan fingerprint density at radius 1 is 1.35 bits per heavy atom. The topological polar surface area (TPSA) is 29.5 Å². The second kappa shape index (κ2) is 6.89. The Morgan fingerprint density at radius 2 is 2.05 bits per heavy atom. The SMILES string of the molecule is CCOC(=O)[C@@H]1CCCN(Cc2c(C)cccc2C)C1. The van der Waals surface area contributed by atoms with E-state index >= 15 is 0 Å². The van der Waals surface area contributed by atoms with Gasteiger partial charge in [0, 0.05) is 13.1 Å². The van der Waals surface area contributed by atoms with E-state index in [9.17, 15) is 4.79 Å².